The van der Waals surface area contributed by atoms with Gasteiger partial charge in [-0.25, -0.2) is 0 Å². The maximum Gasteiger partial charge on any atom is 0.251 e. The van der Waals surface area contributed by atoms with E-state index in [2.05, 4.69) is 60.7 Å². The minimum Gasteiger partial charge on any atom is -0.376 e. The van der Waals surface area contributed by atoms with Crippen molar-refractivity contribution in [1.82, 2.24) is 19.7 Å². The van der Waals surface area contributed by atoms with Crippen molar-refractivity contribution in [3.8, 4) is 0 Å². The standard InChI is InChI=1S/C31H44N4O3.C4H10.2C2H6/c1-4-6-15-33-16-18-34(19-17-33)31(37)24(3)32-30(36)25-13-14-27-26(11-5-2)28-12-9-7-8-10-21-38-22-20-35(28)29(27)23-25;1-3-4-2;2*1-2/h7-10,13-14,23-24H,4-6,11-12,15-22H2,1-3H3,(H,32,36);3-4H2,1-2H3;2*1-2H3/b9-7-,10-8-;;;. The summed E-state index contributed by atoms with van der Waals surface area (Å²) in [6.45, 7) is 24.8. The molecular weight excluding hydrogens is 572 g/mol. The molecule has 0 saturated carbocycles. The molecular formula is C39H66N4O3. The van der Waals surface area contributed by atoms with Crippen LogP contribution in [0.4, 0.5) is 0 Å². The lowest BCUT2D eigenvalue weighted by Crippen LogP contribution is -2.54. The first-order valence-electron chi connectivity index (χ1n) is 18.3. The van der Waals surface area contributed by atoms with Crippen LogP contribution in [0, 0.1) is 0 Å². The van der Waals surface area contributed by atoms with Crippen molar-refractivity contribution in [2.75, 3.05) is 45.9 Å². The summed E-state index contributed by atoms with van der Waals surface area (Å²) in [5.41, 5.74) is 4.28. The summed E-state index contributed by atoms with van der Waals surface area (Å²) in [6, 6.07) is 5.39. The first-order valence-corrected chi connectivity index (χ1v) is 18.3. The maximum atomic E-state index is 13.3. The van der Waals surface area contributed by atoms with Gasteiger partial charge in [0.2, 0.25) is 5.91 Å². The molecule has 260 valence electrons. The maximum absolute atomic E-state index is 13.3. The van der Waals surface area contributed by atoms with Crippen molar-refractivity contribution < 1.29 is 14.3 Å². The van der Waals surface area contributed by atoms with Crippen LogP contribution in [0.3, 0.4) is 0 Å². The number of allylic oxidation sites excluding steroid dienone is 3. The summed E-state index contributed by atoms with van der Waals surface area (Å²) in [5, 5.41) is 4.17. The number of rotatable bonds is 9. The average molecular weight is 639 g/mol. The van der Waals surface area contributed by atoms with Crippen molar-refractivity contribution in [3.63, 3.8) is 0 Å². The summed E-state index contributed by atoms with van der Waals surface area (Å²) in [4.78, 5) is 30.7. The second-order valence-electron chi connectivity index (χ2n) is 11.4. The van der Waals surface area contributed by atoms with E-state index in [-0.39, 0.29) is 11.8 Å². The Morgan fingerprint density at radius 1 is 0.870 bits per heavy atom. The molecule has 2 aliphatic rings. The zero-order chi connectivity index (χ0) is 34.3. The minimum absolute atomic E-state index is 0.00599. The summed E-state index contributed by atoms with van der Waals surface area (Å²) in [7, 11) is 0. The Balaban J connectivity index is 0.00000121. The molecule has 1 unspecified atom stereocenters. The van der Waals surface area contributed by atoms with Crippen molar-refractivity contribution in [2.24, 2.45) is 0 Å². The molecule has 7 heteroatoms. The summed E-state index contributed by atoms with van der Waals surface area (Å²) >= 11 is 0. The predicted molar refractivity (Wildman–Crippen MR) is 197 cm³/mol. The van der Waals surface area contributed by atoms with E-state index in [9.17, 15) is 9.59 Å². The van der Waals surface area contributed by atoms with Gasteiger partial charge in [-0.05, 0) is 44.0 Å². The van der Waals surface area contributed by atoms with E-state index in [1.807, 2.05) is 56.9 Å². The third-order valence-electron chi connectivity index (χ3n) is 8.15. The number of ether oxygens (including phenoxy) is 1. The Kier molecular flexibility index (Phi) is 21.7. The van der Waals surface area contributed by atoms with Gasteiger partial charge in [0.05, 0.1) is 13.2 Å². The quantitative estimate of drug-likeness (QED) is 0.301. The van der Waals surface area contributed by atoms with Crippen LogP contribution >= 0.6 is 0 Å². The second kappa shape index (κ2) is 24.3. The number of carbonyl (C=O) groups excluding carboxylic acids is 2. The van der Waals surface area contributed by atoms with Crippen LogP contribution in [0.5, 0.6) is 0 Å². The number of benzene rings is 1. The number of amides is 2. The number of aryl methyl sites for hydroxylation is 1. The van der Waals surface area contributed by atoms with Gasteiger partial charge in [0, 0.05) is 61.3 Å². The third-order valence-corrected chi connectivity index (χ3v) is 8.15. The van der Waals surface area contributed by atoms with Crippen LogP contribution in [0.2, 0.25) is 0 Å². The molecule has 0 radical (unpaired) electrons. The van der Waals surface area contributed by atoms with Crippen molar-refractivity contribution in [3.05, 3.63) is 59.3 Å². The molecule has 1 atom stereocenters. The lowest BCUT2D eigenvalue weighted by Gasteiger charge is -2.36. The van der Waals surface area contributed by atoms with Gasteiger partial charge in [-0.15, -0.1) is 0 Å². The third kappa shape index (κ3) is 12.7. The highest BCUT2D eigenvalue weighted by Crippen LogP contribution is 2.30. The van der Waals surface area contributed by atoms with Crippen molar-refractivity contribution in [1.29, 1.82) is 0 Å². The monoisotopic (exact) mass is 639 g/mol. The molecule has 2 aromatic rings. The molecule has 1 saturated heterocycles. The number of hydrogen-bond donors (Lipinski definition) is 1. The number of nitrogens with one attached hydrogen (secondary N) is 1. The fourth-order valence-electron chi connectivity index (χ4n) is 5.52. The summed E-state index contributed by atoms with van der Waals surface area (Å²) < 4.78 is 8.13. The topological polar surface area (TPSA) is 66.8 Å². The van der Waals surface area contributed by atoms with Crippen LogP contribution in [0.15, 0.2) is 42.5 Å². The lowest BCUT2D eigenvalue weighted by molar-refractivity contribution is -0.134. The lowest BCUT2D eigenvalue weighted by atomic mass is 10.0. The molecule has 2 amide bonds. The average Bonchev–Trinajstić information content (AvgIpc) is 3.36. The van der Waals surface area contributed by atoms with Gasteiger partial charge in [0.15, 0.2) is 0 Å². The molecule has 4 rings (SSSR count). The molecule has 0 bridgehead atoms. The first kappa shape index (κ1) is 41.1. The van der Waals surface area contributed by atoms with Crippen LogP contribution in [-0.2, 0) is 28.9 Å². The van der Waals surface area contributed by atoms with E-state index in [4.69, 9.17) is 4.74 Å². The van der Waals surface area contributed by atoms with Gasteiger partial charge < -0.3 is 19.5 Å². The second-order valence-corrected chi connectivity index (χ2v) is 11.4. The molecule has 3 heterocycles. The van der Waals surface area contributed by atoms with Gasteiger partial charge in [0.1, 0.15) is 6.04 Å². The first-order chi connectivity index (χ1) is 22.4. The normalized spacial score (nSPS) is 16.9. The number of unbranched alkanes of at least 4 members (excludes halogenated alkanes) is 2. The number of hydrogen-bond acceptors (Lipinski definition) is 4. The molecule has 46 heavy (non-hydrogen) atoms. The van der Waals surface area contributed by atoms with Gasteiger partial charge in [-0.1, -0.05) is 111 Å². The molecule has 1 N–H and O–H groups in total. The SMILES string of the molecule is CC.CC.CCCC.CCCCN1CCN(C(=O)C(C)NC(=O)c2ccc3c(CCC)c4n(c3c2)CCOC/C=C\C=C/C4)CC1. The highest BCUT2D eigenvalue weighted by atomic mass is 16.5. The van der Waals surface area contributed by atoms with Gasteiger partial charge in [0.25, 0.3) is 5.91 Å². The predicted octanol–water partition coefficient (Wildman–Crippen LogP) is 8.20. The van der Waals surface area contributed by atoms with Gasteiger partial charge in [-0.3, -0.25) is 14.5 Å². The minimum atomic E-state index is -0.564. The van der Waals surface area contributed by atoms with E-state index >= 15 is 0 Å². The fourth-order valence-corrected chi connectivity index (χ4v) is 5.52. The number of carbonyl (C=O) groups is 2. The van der Waals surface area contributed by atoms with E-state index in [0.717, 1.165) is 64.0 Å². The Morgan fingerprint density at radius 2 is 1.54 bits per heavy atom. The number of piperazine rings is 1. The van der Waals surface area contributed by atoms with Crippen LogP contribution < -0.4 is 5.32 Å². The zero-order valence-electron chi connectivity index (χ0n) is 30.8. The summed E-state index contributed by atoms with van der Waals surface area (Å²) in [5.74, 6) is -0.215. The largest absolute Gasteiger partial charge is 0.376 e. The van der Waals surface area contributed by atoms with E-state index < -0.39 is 6.04 Å². The van der Waals surface area contributed by atoms with E-state index in [1.165, 1.54) is 42.3 Å². The summed E-state index contributed by atoms with van der Waals surface area (Å²) in [6.07, 6.45) is 16.2. The van der Waals surface area contributed by atoms with Crippen LogP contribution in [0.1, 0.15) is 116 Å². The van der Waals surface area contributed by atoms with E-state index in [0.29, 0.717) is 18.8 Å². The van der Waals surface area contributed by atoms with Crippen LogP contribution in [0.25, 0.3) is 10.9 Å². The number of fused-ring (bicyclic) bond motifs is 3. The van der Waals surface area contributed by atoms with Gasteiger partial charge in [-0.2, -0.15) is 0 Å². The highest BCUT2D eigenvalue weighted by molar-refractivity contribution is 6.01. The molecule has 1 aromatic heterocycles. The molecule has 0 spiro atoms. The van der Waals surface area contributed by atoms with Gasteiger partial charge >= 0.3 is 0 Å². The van der Waals surface area contributed by atoms with E-state index in [1.54, 1.807) is 6.92 Å². The Bertz CT molecular complexity index is 1190. The fraction of sp³-hybridized carbons (Fsp3) is 0.641. The number of aromatic nitrogens is 1. The van der Waals surface area contributed by atoms with Crippen molar-refractivity contribution >= 4 is 22.7 Å². The molecule has 7 nitrogen and oxygen atoms in total. The Hall–Kier alpha value is -2.90. The molecule has 1 fully saturated rings. The molecule has 2 aliphatic heterocycles. The smallest absolute Gasteiger partial charge is 0.251 e. The Labute approximate surface area is 281 Å². The molecule has 0 aliphatic carbocycles. The Morgan fingerprint density at radius 3 is 2.17 bits per heavy atom. The van der Waals surface area contributed by atoms with Crippen LogP contribution in [-0.4, -0.2) is 78.2 Å². The highest BCUT2D eigenvalue weighted by Gasteiger charge is 2.26. The number of nitrogens with zero attached hydrogens (tertiary/aromatic N) is 3. The zero-order valence-corrected chi connectivity index (χ0v) is 30.8. The van der Waals surface area contributed by atoms with Crippen molar-refractivity contribution in [2.45, 2.75) is 120 Å². The molecule has 1 aromatic carbocycles.